The summed E-state index contributed by atoms with van der Waals surface area (Å²) in [5, 5.41) is 0. The Morgan fingerprint density at radius 1 is 0.960 bits per heavy atom. The molecule has 2 aromatic carbocycles. The molecule has 8 heteroatoms. The monoisotopic (exact) mass is 346 g/mol. The number of carbonyl (C=O) groups is 2. The molecule has 0 spiro atoms. The molecule has 1 atom stereocenters. The van der Waals surface area contributed by atoms with Gasteiger partial charge in [0.25, 0.3) is 0 Å². The first-order valence-corrected chi connectivity index (χ1v) is 7.62. The predicted octanol–water partition coefficient (Wildman–Crippen LogP) is 0.207. The van der Waals surface area contributed by atoms with Crippen LogP contribution in [0.15, 0.2) is 48.5 Å². The zero-order chi connectivity index (χ0) is 18.4. The lowest BCUT2D eigenvalue weighted by atomic mass is 9.55. The molecule has 5 nitrogen and oxygen atoms in total. The van der Waals surface area contributed by atoms with Crippen LogP contribution in [0.4, 0.5) is 8.78 Å². The maximum absolute atomic E-state index is 13.2. The molecular weight excluding hydrogens is 329 g/mol. The van der Waals surface area contributed by atoms with Crippen LogP contribution in [-0.4, -0.2) is 24.8 Å². The van der Waals surface area contributed by atoms with Gasteiger partial charge >= 0.3 is 12.9 Å². The van der Waals surface area contributed by atoms with E-state index in [2.05, 4.69) is 0 Å². The number of amides is 1. The topological polar surface area (TPSA) is 95.4 Å². The Labute approximate surface area is 144 Å². The zero-order valence-corrected chi connectivity index (χ0v) is 13.3. The molecule has 25 heavy (non-hydrogen) atoms. The van der Waals surface area contributed by atoms with E-state index in [-0.39, 0.29) is 12.8 Å². The average Bonchev–Trinajstić information content (AvgIpc) is 2.59. The number of rotatable bonds is 7. The lowest BCUT2D eigenvalue weighted by Gasteiger charge is -2.18. The Morgan fingerprint density at radius 3 is 1.80 bits per heavy atom. The minimum Gasteiger partial charge on any atom is -0.525 e. The second kappa shape index (κ2) is 8.39. The number of hydrogen-bond acceptors (Lipinski definition) is 4. The summed E-state index contributed by atoms with van der Waals surface area (Å²) in [4.78, 5) is 23.0. The molecule has 0 radical (unpaired) electrons. The molecule has 2 rings (SSSR count). The van der Waals surface area contributed by atoms with E-state index < -0.39 is 36.5 Å². The fourth-order valence-electron chi connectivity index (χ4n) is 2.22. The lowest BCUT2D eigenvalue weighted by Crippen LogP contribution is -2.49. The first-order chi connectivity index (χ1) is 11.9. The van der Waals surface area contributed by atoms with Gasteiger partial charge in [-0.1, -0.05) is 24.3 Å². The molecule has 0 aromatic heterocycles. The van der Waals surface area contributed by atoms with Gasteiger partial charge in [0.2, 0.25) is 5.91 Å². The van der Waals surface area contributed by atoms with Gasteiger partial charge in [-0.2, -0.15) is 0 Å². The highest BCUT2D eigenvalue weighted by Crippen LogP contribution is 2.03. The Morgan fingerprint density at radius 2 is 1.40 bits per heavy atom. The molecule has 0 aliphatic rings. The van der Waals surface area contributed by atoms with Gasteiger partial charge in [0, 0.05) is 6.42 Å². The molecule has 0 heterocycles. The van der Waals surface area contributed by atoms with Crippen LogP contribution in [-0.2, 0) is 14.2 Å². The Balaban J connectivity index is 2.22. The van der Waals surface area contributed by atoms with Crippen molar-refractivity contribution >= 4 is 29.7 Å². The number of carbonyl (C=O) groups excluding carboxylic acids is 2. The molecule has 0 saturated heterocycles. The van der Waals surface area contributed by atoms with Crippen molar-refractivity contribution in [3.05, 3.63) is 60.2 Å². The highest BCUT2D eigenvalue weighted by molar-refractivity contribution is 6.81. The summed E-state index contributed by atoms with van der Waals surface area (Å²) in [5.74, 6) is -2.19. The third kappa shape index (κ3) is 5.39. The van der Waals surface area contributed by atoms with Crippen LogP contribution < -0.4 is 22.4 Å². The molecule has 0 aliphatic heterocycles. The molecule has 0 saturated carbocycles. The molecule has 130 valence electrons. The number of primary amides is 1. The fourth-order valence-corrected chi connectivity index (χ4v) is 2.22. The van der Waals surface area contributed by atoms with Gasteiger partial charge in [-0.3, -0.25) is 9.59 Å². The SMILES string of the molecule is NC(=O)CC[C@H](N)C(=O)OB(c1ccc(F)cc1)c1ccc(F)cc1. The summed E-state index contributed by atoms with van der Waals surface area (Å²) in [6.45, 7) is -0.881. The molecular formula is C17H17BF2N2O3. The van der Waals surface area contributed by atoms with E-state index in [0.717, 1.165) is 0 Å². The minimum atomic E-state index is -1.03. The first-order valence-electron chi connectivity index (χ1n) is 7.62. The summed E-state index contributed by atoms with van der Waals surface area (Å²) in [7, 11) is 0. The molecule has 4 N–H and O–H groups in total. The van der Waals surface area contributed by atoms with Gasteiger partial charge in [0.15, 0.2) is 0 Å². The van der Waals surface area contributed by atoms with Crippen molar-refractivity contribution in [1.82, 2.24) is 0 Å². The summed E-state index contributed by atoms with van der Waals surface area (Å²) in [5.41, 5.74) is 11.8. The van der Waals surface area contributed by atoms with Crippen molar-refractivity contribution in [2.45, 2.75) is 18.9 Å². The van der Waals surface area contributed by atoms with E-state index in [1.54, 1.807) is 0 Å². The summed E-state index contributed by atoms with van der Waals surface area (Å²) >= 11 is 0. The average molecular weight is 346 g/mol. The van der Waals surface area contributed by atoms with E-state index in [9.17, 15) is 18.4 Å². The van der Waals surface area contributed by atoms with Crippen molar-refractivity contribution in [2.24, 2.45) is 11.5 Å². The standard InChI is InChI=1S/C17H17BF2N2O3/c19-13-5-1-11(2-6-13)18(12-3-7-14(20)8-4-12)25-17(24)15(21)9-10-16(22)23/h1-8,15H,9-10,21H2,(H2,22,23)/t15-/m0/s1. The van der Waals surface area contributed by atoms with E-state index in [4.69, 9.17) is 16.1 Å². The number of hydrogen-bond donors (Lipinski definition) is 2. The van der Waals surface area contributed by atoms with Crippen LogP contribution in [0.1, 0.15) is 12.8 Å². The molecule has 0 fully saturated rings. The third-order valence-corrected chi connectivity index (χ3v) is 3.58. The Kier molecular flexibility index (Phi) is 6.24. The molecule has 2 aromatic rings. The first kappa shape index (κ1) is 18.6. The van der Waals surface area contributed by atoms with E-state index in [0.29, 0.717) is 10.9 Å². The third-order valence-electron chi connectivity index (χ3n) is 3.58. The highest BCUT2D eigenvalue weighted by Gasteiger charge is 2.28. The smallest absolute Gasteiger partial charge is 0.429 e. The van der Waals surface area contributed by atoms with Gasteiger partial charge in [-0.15, -0.1) is 0 Å². The number of nitrogens with two attached hydrogens (primary N) is 2. The van der Waals surface area contributed by atoms with Crippen LogP contribution >= 0.6 is 0 Å². The maximum Gasteiger partial charge on any atom is 0.429 e. The van der Waals surface area contributed by atoms with Gasteiger partial charge in [-0.05, 0) is 41.6 Å². The van der Waals surface area contributed by atoms with Gasteiger partial charge < -0.3 is 16.1 Å². The largest absolute Gasteiger partial charge is 0.525 e. The Bertz CT molecular complexity index is 693. The van der Waals surface area contributed by atoms with Crippen LogP contribution in [0, 0.1) is 11.6 Å². The quantitative estimate of drug-likeness (QED) is 0.701. The number of benzene rings is 2. The van der Waals surface area contributed by atoms with Crippen LogP contribution in [0.25, 0.3) is 0 Å². The summed E-state index contributed by atoms with van der Waals surface area (Å²) in [6, 6.07) is 9.74. The van der Waals surface area contributed by atoms with Crippen molar-refractivity contribution in [1.29, 1.82) is 0 Å². The van der Waals surface area contributed by atoms with E-state index in [1.165, 1.54) is 48.5 Å². The normalized spacial score (nSPS) is 11.6. The Hall–Kier alpha value is -2.74. The highest BCUT2D eigenvalue weighted by atomic mass is 19.1. The van der Waals surface area contributed by atoms with Gasteiger partial charge in [-0.25, -0.2) is 8.78 Å². The van der Waals surface area contributed by atoms with E-state index >= 15 is 0 Å². The maximum atomic E-state index is 13.2. The fraction of sp³-hybridized carbons (Fsp3) is 0.176. The predicted molar refractivity (Wildman–Crippen MR) is 90.3 cm³/mol. The van der Waals surface area contributed by atoms with Crippen molar-refractivity contribution in [2.75, 3.05) is 0 Å². The summed E-state index contributed by atoms with van der Waals surface area (Å²) < 4.78 is 31.7. The summed E-state index contributed by atoms with van der Waals surface area (Å²) in [6.07, 6.45) is 0.00174. The second-order valence-electron chi connectivity index (χ2n) is 5.53. The number of halogens is 2. The molecule has 0 bridgehead atoms. The van der Waals surface area contributed by atoms with Gasteiger partial charge in [0.05, 0.1) is 0 Å². The zero-order valence-electron chi connectivity index (χ0n) is 13.3. The van der Waals surface area contributed by atoms with Crippen molar-refractivity contribution in [3.8, 4) is 0 Å². The van der Waals surface area contributed by atoms with Crippen LogP contribution in [0.2, 0.25) is 0 Å². The van der Waals surface area contributed by atoms with Crippen molar-refractivity contribution < 1.29 is 23.0 Å². The molecule has 0 unspecified atom stereocenters. The minimum absolute atomic E-state index is 0.0476. The van der Waals surface area contributed by atoms with Crippen LogP contribution in [0.5, 0.6) is 0 Å². The van der Waals surface area contributed by atoms with Gasteiger partial charge in [0.1, 0.15) is 17.7 Å². The van der Waals surface area contributed by atoms with Crippen LogP contribution in [0.3, 0.4) is 0 Å². The lowest BCUT2D eigenvalue weighted by molar-refractivity contribution is -0.136. The van der Waals surface area contributed by atoms with E-state index in [1.807, 2.05) is 0 Å². The molecule has 1 amide bonds. The van der Waals surface area contributed by atoms with Crippen molar-refractivity contribution in [3.63, 3.8) is 0 Å². The molecule has 0 aliphatic carbocycles. The second-order valence-corrected chi connectivity index (χ2v) is 5.53.